The number of nitrogens with zero attached hydrogens (tertiary/aromatic N) is 1. The number of hydrogen-bond donors (Lipinski definition) is 2. The fourth-order valence-corrected chi connectivity index (χ4v) is 6.48. The van der Waals surface area contributed by atoms with Gasteiger partial charge in [-0.25, -0.2) is 9.69 Å². The second-order valence-corrected chi connectivity index (χ2v) is 8.76. The Morgan fingerprint density at radius 3 is 2.41 bits per heavy atom. The van der Waals surface area contributed by atoms with E-state index in [4.69, 9.17) is 4.74 Å². The molecule has 7 nitrogen and oxygen atoms in total. The molecule has 140 valence electrons. The topological polar surface area (TPSA) is 87.7 Å². The van der Waals surface area contributed by atoms with Crippen LogP contribution in [-0.4, -0.2) is 30.0 Å². The SMILES string of the molecule is O=C1COc2cc(N3C(=O)NC4(C3=O)C3CC5CC(C3)CC4C5)ccc2N1. The Balaban J connectivity index is 1.37. The van der Waals surface area contributed by atoms with Crippen LogP contribution in [0.4, 0.5) is 16.2 Å². The van der Waals surface area contributed by atoms with Crippen molar-refractivity contribution in [2.75, 3.05) is 16.8 Å². The number of ether oxygens (including phenoxy) is 1. The van der Waals surface area contributed by atoms with Crippen molar-refractivity contribution in [3.8, 4) is 5.75 Å². The highest BCUT2D eigenvalue weighted by atomic mass is 16.5. The average Bonchev–Trinajstić information content (AvgIpc) is 2.90. The first-order chi connectivity index (χ1) is 13.0. The second kappa shape index (κ2) is 5.03. The van der Waals surface area contributed by atoms with Crippen LogP contribution in [0.25, 0.3) is 0 Å². The lowest BCUT2D eigenvalue weighted by atomic mass is 9.48. The molecular formula is C20H21N3O4. The van der Waals surface area contributed by atoms with Gasteiger partial charge in [-0.3, -0.25) is 9.59 Å². The van der Waals surface area contributed by atoms with Gasteiger partial charge in [0.15, 0.2) is 6.61 Å². The number of imide groups is 1. The van der Waals surface area contributed by atoms with Crippen molar-refractivity contribution in [2.24, 2.45) is 23.7 Å². The highest BCUT2D eigenvalue weighted by Crippen LogP contribution is 2.60. The van der Waals surface area contributed by atoms with E-state index in [1.165, 1.54) is 11.3 Å². The van der Waals surface area contributed by atoms with E-state index in [1.807, 2.05) is 0 Å². The Bertz CT molecular complexity index is 867. The molecule has 6 aliphatic rings. The normalized spacial score (nSPS) is 38.7. The number of fused-ring (bicyclic) bond motifs is 1. The van der Waals surface area contributed by atoms with Gasteiger partial charge in [-0.15, -0.1) is 0 Å². The Labute approximate surface area is 156 Å². The number of carbonyl (C=O) groups excluding carboxylic acids is 3. The summed E-state index contributed by atoms with van der Waals surface area (Å²) >= 11 is 0. The van der Waals surface area contributed by atoms with E-state index in [0.717, 1.165) is 37.5 Å². The molecule has 2 N–H and O–H groups in total. The molecule has 0 aromatic heterocycles. The molecule has 7 heteroatoms. The molecule has 0 radical (unpaired) electrons. The highest BCUT2D eigenvalue weighted by molar-refractivity contribution is 6.24. The van der Waals surface area contributed by atoms with Crippen LogP contribution in [0.3, 0.4) is 0 Å². The number of nitrogens with one attached hydrogen (secondary N) is 2. The van der Waals surface area contributed by atoms with Crippen molar-refractivity contribution in [2.45, 2.75) is 37.6 Å². The van der Waals surface area contributed by atoms with Crippen LogP contribution in [0, 0.1) is 23.7 Å². The molecule has 1 saturated heterocycles. The molecule has 27 heavy (non-hydrogen) atoms. The van der Waals surface area contributed by atoms with Crippen molar-refractivity contribution in [3.63, 3.8) is 0 Å². The summed E-state index contributed by atoms with van der Waals surface area (Å²) in [6, 6.07) is 4.71. The fraction of sp³-hybridized carbons (Fsp3) is 0.550. The summed E-state index contributed by atoms with van der Waals surface area (Å²) in [6.45, 7) is -0.0620. The van der Waals surface area contributed by atoms with Crippen LogP contribution >= 0.6 is 0 Å². The van der Waals surface area contributed by atoms with Gasteiger partial charge in [0.1, 0.15) is 11.3 Å². The summed E-state index contributed by atoms with van der Waals surface area (Å²) in [5, 5.41) is 5.86. The van der Waals surface area contributed by atoms with Crippen LogP contribution in [0.2, 0.25) is 0 Å². The highest BCUT2D eigenvalue weighted by Gasteiger charge is 2.66. The van der Waals surface area contributed by atoms with Gasteiger partial charge in [0, 0.05) is 6.07 Å². The molecule has 1 aromatic carbocycles. The zero-order valence-electron chi connectivity index (χ0n) is 14.9. The Hall–Kier alpha value is -2.57. The standard InChI is InChI=1S/C20H21N3O4/c24-17-9-27-16-8-14(1-2-15(16)21-17)23-18(25)20(22-19(23)26)12-4-10-3-11(6-12)7-13(20)5-10/h1-2,8,10-13H,3-7,9H2,(H,21,24)(H,22,26). The van der Waals surface area contributed by atoms with Crippen LogP contribution in [0.5, 0.6) is 5.75 Å². The van der Waals surface area contributed by atoms with E-state index in [0.29, 0.717) is 17.1 Å². The zero-order chi connectivity index (χ0) is 18.3. The number of hydrogen-bond acceptors (Lipinski definition) is 4. The fourth-order valence-electron chi connectivity index (χ4n) is 6.48. The van der Waals surface area contributed by atoms with E-state index in [9.17, 15) is 14.4 Å². The van der Waals surface area contributed by atoms with Crippen molar-refractivity contribution >= 4 is 29.2 Å². The predicted molar refractivity (Wildman–Crippen MR) is 96.4 cm³/mol. The average molecular weight is 367 g/mol. The van der Waals surface area contributed by atoms with Gasteiger partial charge in [-0.2, -0.15) is 0 Å². The maximum absolute atomic E-state index is 13.6. The molecule has 1 aromatic rings. The number of amides is 4. The molecule has 4 bridgehead atoms. The first-order valence-corrected chi connectivity index (χ1v) is 9.78. The largest absolute Gasteiger partial charge is 0.482 e. The van der Waals surface area contributed by atoms with Crippen LogP contribution in [0.15, 0.2) is 18.2 Å². The van der Waals surface area contributed by atoms with Crippen molar-refractivity contribution in [3.05, 3.63) is 18.2 Å². The number of benzene rings is 1. The minimum atomic E-state index is -0.727. The molecule has 2 heterocycles. The first kappa shape index (κ1) is 15.5. The number of rotatable bonds is 1. The minimum absolute atomic E-state index is 0.0620. The summed E-state index contributed by atoms with van der Waals surface area (Å²) in [4.78, 5) is 39.2. The van der Waals surface area contributed by atoms with E-state index in [1.54, 1.807) is 18.2 Å². The summed E-state index contributed by atoms with van der Waals surface area (Å²) < 4.78 is 5.46. The number of carbonyl (C=O) groups is 3. The van der Waals surface area contributed by atoms with Gasteiger partial charge in [-0.05, 0) is 67.9 Å². The summed E-state index contributed by atoms with van der Waals surface area (Å²) in [5.41, 5.74) is 0.333. The molecule has 4 saturated carbocycles. The van der Waals surface area contributed by atoms with Gasteiger partial charge in [0.25, 0.3) is 11.8 Å². The summed E-state index contributed by atoms with van der Waals surface area (Å²) in [5.74, 6) is 2.11. The predicted octanol–water partition coefficient (Wildman–Crippen LogP) is 2.27. The molecule has 5 fully saturated rings. The third kappa shape index (κ3) is 1.94. The van der Waals surface area contributed by atoms with Gasteiger partial charge in [0.2, 0.25) is 0 Å². The molecule has 7 rings (SSSR count). The molecule has 0 atom stereocenters. The molecule has 2 aliphatic heterocycles. The summed E-state index contributed by atoms with van der Waals surface area (Å²) in [6.07, 6.45) is 5.49. The maximum Gasteiger partial charge on any atom is 0.329 e. The number of anilines is 2. The molecule has 1 spiro atoms. The first-order valence-electron chi connectivity index (χ1n) is 9.78. The van der Waals surface area contributed by atoms with E-state index < -0.39 is 5.54 Å². The van der Waals surface area contributed by atoms with Gasteiger partial charge >= 0.3 is 6.03 Å². The molecular weight excluding hydrogens is 346 g/mol. The third-order valence-electron chi connectivity index (χ3n) is 7.36. The monoisotopic (exact) mass is 367 g/mol. The third-order valence-corrected chi connectivity index (χ3v) is 7.36. The van der Waals surface area contributed by atoms with E-state index in [2.05, 4.69) is 10.6 Å². The van der Waals surface area contributed by atoms with Crippen LogP contribution in [0.1, 0.15) is 32.1 Å². The smallest absolute Gasteiger partial charge is 0.329 e. The van der Waals surface area contributed by atoms with E-state index in [-0.39, 0.29) is 36.3 Å². The Morgan fingerprint density at radius 2 is 1.70 bits per heavy atom. The lowest BCUT2D eigenvalue weighted by Crippen LogP contribution is -2.66. The number of urea groups is 1. The Kier molecular flexibility index (Phi) is 2.88. The van der Waals surface area contributed by atoms with Gasteiger partial charge in [-0.1, -0.05) is 0 Å². The van der Waals surface area contributed by atoms with Crippen LogP contribution < -0.4 is 20.3 Å². The molecule has 0 unspecified atom stereocenters. The Morgan fingerprint density at radius 1 is 1.00 bits per heavy atom. The second-order valence-electron chi connectivity index (χ2n) is 8.76. The van der Waals surface area contributed by atoms with Crippen molar-refractivity contribution in [1.82, 2.24) is 5.32 Å². The van der Waals surface area contributed by atoms with Crippen LogP contribution in [-0.2, 0) is 9.59 Å². The van der Waals surface area contributed by atoms with Gasteiger partial charge in [0.05, 0.1) is 11.4 Å². The van der Waals surface area contributed by atoms with E-state index >= 15 is 0 Å². The minimum Gasteiger partial charge on any atom is -0.482 e. The van der Waals surface area contributed by atoms with Crippen molar-refractivity contribution in [1.29, 1.82) is 0 Å². The maximum atomic E-state index is 13.6. The molecule has 4 aliphatic carbocycles. The van der Waals surface area contributed by atoms with Gasteiger partial charge < -0.3 is 15.4 Å². The lowest BCUT2D eigenvalue weighted by molar-refractivity contribution is -0.138. The zero-order valence-corrected chi connectivity index (χ0v) is 14.9. The summed E-state index contributed by atoms with van der Waals surface area (Å²) in [7, 11) is 0. The quantitative estimate of drug-likeness (QED) is 0.746. The van der Waals surface area contributed by atoms with Crippen molar-refractivity contribution < 1.29 is 19.1 Å². The molecule has 4 amide bonds. The lowest BCUT2D eigenvalue weighted by Gasteiger charge is -2.58.